The lowest BCUT2D eigenvalue weighted by Gasteiger charge is -2.01. The van der Waals surface area contributed by atoms with Gasteiger partial charge in [0.1, 0.15) is 0 Å². The SMILES string of the molecule is COCCOCCc1noc(-c2ccc(N)cc2C)n1. The molecule has 0 amide bonds. The van der Waals surface area contributed by atoms with Crippen LogP contribution in [0, 0.1) is 6.92 Å². The van der Waals surface area contributed by atoms with Crippen molar-refractivity contribution in [2.45, 2.75) is 13.3 Å². The molecule has 0 atom stereocenters. The first-order valence-electron chi connectivity index (χ1n) is 6.46. The van der Waals surface area contributed by atoms with Crippen molar-refractivity contribution < 1.29 is 14.0 Å². The number of nitrogens with two attached hydrogens (primary N) is 1. The van der Waals surface area contributed by atoms with Gasteiger partial charge in [-0.1, -0.05) is 5.16 Å². The van der Waals surface area contributed by atoms with Crippen LogP contribution in [0.15, 0.2) is 22.7 Å². The zero-order chi connectivity index (χ0) is 14.4. The van der Waals surface area contributed by atoms with E-state index in [0.717, 1.165) is 16.8 Å². The van der Waals surface area contributed by atoms with Gasteiger partial charge in [-0.15, -0.1) is 0 Å². The van der Waals surface area contributed by atoms with Gasteiger partial charge in [-0.05, 0) is 30.7 Å². The average Bonchev–Trinajstić information content (AvgIpc) is 2.87. The summed E-state index contributed by atoms with van der Waals surface area (Å²) in [6.45, 7) is 3.66. The van der Waals surface area contributed by atoms with Crippen LogP contribution >= 0.6 is 0 Å². The Morgan fingerprint density at radius 2 is 2.10 bits per heavy atom. The maximum absolute atomic E-state index is 5.72. The van der Waals surface area contributed by atoms with E-state index in [1.165, 1.54) is 0 Å². The topological polar surface area (TPSA) is 83.4 Å². The third-order valence-corrected chi connectivity index (χ3v) is 2.85. The molecule has 0 aliphatic carbocycles. The number of ether oxygens (including phenoxy) is 2. The molecule has 108 valence electrons. The van der Waals surface area contributed by atoms with Crippen LogP contribution in [0.5, 0.6) is 0 Å². The van der Waals surface area contributed by atoms with Crippen molar-refractivity contribution in [1.82, 2.24) is 10.1 Å². The molecular formula is C14H19N3O3. The Bertz CT molecular complexity index is 554. The maximum Gasteiger partial charge on any atom is 0.258 e. The lowest BCUT2D eigenvalue weighted by Crippen LogP contribution is -2.05. The van der Waals surface area contributed by atoms with Gasteiger partial charge >= 0.3 is 0 Å². The number of nitrogens with zero attached hydrogens (tertiary/aromatic N) is 2. The normalized spacial score (nSPS) is 10.9. The zero-order valence-corrected chi connectivity index (χ0v) is 11.8. The predicted molar refractivity (Wildman–Crippen MR) is 75.3 cm³/mol. The summed E-state index contributed by atoms with van der Waals surface area (Å²) < 4.78 is 15.5. The van der Waals surface area contributed by atoms with Crippen molar-refractivity contribution in [1.29, 1.82) is 0 Å². The summed E-state index contributed by atoms with van der Waals surface area (Å²) in [5.41, 5.74) is 8.35. The number of hydrogen-bond donors (Lipinski definition) is 1. The first-order valence-corrected chi connectivity index (χ1v) is 6.46. The highest BCUT2D eigenvalue weighted by Gasteiger charge is 2.11. The van der Waals surface area contributed by atoms with Crippen LogP contribution in [-0.2, 0) is 15.9 Å². The van der Waals surface area contributed by atoms with Crippen molar-refractivity contribution in [3.63, 3.8) is 0 Å². The van der Waals surface area contributed by atoms with Gasteiger partial charge < -0.3 is 19.7 Å². The molecule has 6 nitrogen and oxygen atoms in total. The molecule has 0 radical (unpaired) electrons. The Kier molecular flexibility index (Phi) is 5.09. The second-order valence-electron chi connectivity index (χ2n) is 4.45. The maximum atomic E-state index is 5.72. The van der Waals surface area contributed by atoms with Gasteiger partial charge in [-0.3, -0.25) is 0 Å². The van der Waals surface area contributed by atoms with E-state index in [4.69, 9.17) is 19.7 Å². The Hall–Kier alpha value is -1.92. The molecule has 0 saturated carbocycles. The van der Waals surface area contributed by atoms with Gasteiger partial charge in [0.25, 0.3) is 5.89 Å². The minimum atomic E-state index is 0.509. The highest BCUT2D eigenvalue weighted by atomic mass is 16.5. The molecule has 0 bridgehead atoms. The van der Waals surface area contributed by atoms with E-state index in [-0.39, 0.29) is 0 Å². The monoisotopic (exact) mass is 277 g/mol. The first kappa shape index (κ1) is 14.5. The van der Waals surface area contributed by atoms with E-state index in [0.29, 0.717) is 38.0 Å². The van der Waals surface area contributed by atoms with Gasteiger partial charge in [0.2, 0.25) is 0 Å². The van der Waals surface area contributed by atoms with Crippen LogP contribution in [-0.4, -0.2) is 37.1 Å². The van der Waals surface area contributed by atoms with Crippen molar-refractivity contribution in [2.24, 2.45) is 0 Å². The fourth-order valence-electron chi connectivity index (χ4n) is 1.80. The van der Waals surface area contributed by atoms with E-state index in [2.05, 4.69) is 10.1 Å². The lowest BCUT2D eigenvalue weighted by atomic mass is 10.1. The van der Waals surface area contributed by atoms with Crippen molar-refractivity contribution >= 4 is 5.69 Å². The van der Waals surface area contributed by atoms with Gasteiger partial charge in [-0.2, -0.15) is 4.98 Å². The summed E-state index contributed by atoms with van der Waals surface area (Å²) in [5, 5.41) is 3.95. The number of hydrogen-bond acceptors (Lipinski definition) is 6. The molecule has 1 aromatic heterocycles. The quantitative estimate of drug-likeness (QED) is 0.614. The zero-order valence-electron chi connectivity index (χ0n) is 11.8. The molecule has 2 aromatic rings. The fraction of sp³-hybridized carbons (Fsp3) is 0.429. The molecule has 2 N–H and O–H groups in total. The van der Waals surface area contributed by atoms with Crippen LogP contribution in [0.4, 0.5) is 5.69 Å². The largest absolute Gasteiger partial charge is 0.399 e. The number of nitrogen functional groups attached to an aromatic ring is 1. The lowest BCUT2D eigenvalue weighted by molar-refractivity contribution is 0.0714. The van der Waals surface area contributed by atoms with Crippen LogP contribution in [0.2, 0.25) is 0 Å². The molecule has 2 rings (SSSR count). The van der Waals surface area contributed by atoms with E-state index in [1.807, 2.05) is 25.1 Å². The smallest absolute Gasteiger partial charge is 0.258 e. The summed E-state index contributed by atoms with van der Waals surface area (Å²) >= 11 is 0. The molecule has 20 heavy (non-hydrogen) atoms. The molecule has 0 saturated heterocycles. The van der Waals surface area contributed by atoms with E-state index >= 15 is 0 Å². The van der Waals surface area contributed by atoms with Crippen LogP contribution in [0.3, 0.4) is 0 Å². The number of benzene rings is 1. The molecule has 1 heterocycles. The predicted octanol–water partition coefficient (Wildman–Crippen LogP) is 1.83. The molecule has 0 fully saturated rings. The van der Waals surface area contributed by atoms with Gasteiger partial charge in [0, 0.05) is 24.8 Å². The molecule has 1 aromatic carbocycles. The average molecular weight is 277 g/mol. The summed E-state index contributed by atoms with van der Waals surface area (Å²) in [6.07, 6.45) is 0.612. The third kappa shape index (κ3) is 3.79. The van der Waals surface area contributed by atoms with E-state index < -0.39 is 0 Å². The van der Waals surface area contributed by atoms with Crippen molar-refractivity contribution in [2.75, 3.05) is 32.7 Å². The Balaban J connectivity index is 1.95. The third-order valence-electron chi connectivity index (χ3n) is 2.85. The van der Waals surface area contributed by atoms with Crippen molar-refractivity contribution in [3.05, 3.63) is 29.6 Å². The number of methoxy groups -OCH3 is 1. The van der Waals surface area contributed by atoms with E-state index in [9.17, 15) is 0 Å². The Morgan fingerprint density at radius 1 is 1.25 bits per heavy atom. The summed E-state index contributed by atoms with van der Waals surface area (Å²) in [7, 11) is 1.64. The molecular weight excluding hydrogens is 258 g/mol. The highest BCUT2D eigenvalue weighted by Crippen LogP contribution is 2.23. The molecule has 0 unspecified atom stereocenters. The minimum Gasteiger partial charge on any atom is -0.399 e. The number of anilines is 1. The number of aromatic nitrogens is 2. The fourth-order valence-corrected chi connectivity index (χ4v) is 1.80. The standard InChI is InChI=1S/C14H19N3O3/c1-10-9-11(15)3-4-12(10)14-16-13(17-20-14)5-6-19-8-7-18-2/h3-4,9H,5-8,15H2,1-2H3. The second-order valence-corrected chi connectivity index (χ2v) is 4.45. The molecule has 0 spiro atoms. The van der Waals surface area contributed by atoms with E-state index in [1.54, 1.807) is 7.11 Å². The van der Waals surface area contributed by atoms with Crippen LogP contribution in [0.25, 0.3) is 11.5 Å². The first-order chi connectivity index (χ1) is 9.70. The summed E-state index contributed by atoms with van der Waals surface area (Å²) in [6, 6.07) is 5.59. The minimum absolute atomic E-state index is 0.509. The van der Waals surface area contributed by atoms with Gasteiger partial charge in [-0.25, -0.2) is 0 Å². The summed E-state index contributed by atoms with van der Waals surface area (Å²) in [4.78, 5) is 4.36. The number of rotatable bonds is 7. The second kappa shape index (κ2) is 7.02. The van der Waals surface area contributed by atoms with Gasteiger partial charge in [0.15, 0.2) is 5.82 Å². The van der Waals surface area contributed by atoms with Crippen LogP contribution in [0.1, 0.15) is 11.4 Å². The highest BCUT2D eigenvalue weighted by molar-refractivity contribution is 5.62. The summed E-state index contributed by atoms with van der Waals surface area (Å²) in [5.74, 6) is 1.14. The molecule has 0 aliphatic rings. The Morgan fingerprint density at radius 3 is 2.85 bits per heavy atom. The van der Waals surface area contributed by atoms with Gasteiger partial charge in [0.05, 0.1) is 19.8 Å². The molecule has 0 aliphatic heterocycles. The Labute approximate surface area is 117 Å². The van der Waals surface area contributed by atoms with Crippen LogP contribution < -0.4 is 5.73 Å². The molecule has 6 heteroatoms. The number of aryl methyl sites for hydroxylation is 1. The van der Waals surface area contributed by atoms with Crippen molar-refractivity contribution in [3.8, 4) is 11.5 Å².